The van der Waals surface area contributed by atoms with Crippen LogP contribution < -0.4 is 5.32 Å². The van der Waals surface area contributed by atoms with Crippen molar-refractivity contribution in [1.29, 1.82) is 0 Å². The van der Waals surface area contributed by atoms with Crippen molar-refractivity contribution in [2.75, 3.05) is 0 Å². The molecule has 2 unspecified atom stereocenters. The zero-order valence-electron chi connectivity index (χ0n) is 14.2. The lowest BCUT2D eigenvalue weighted by molar-refractivity contribution is -0.120. The van der Waals surface area contributed by atoms with E-state index in [0.717, 1.165) is 11.1 Å². The molecular formula is C18H17FN4O2S. The summed E-state index contributed by atoms with van der Waals surface area (Å²) in [5, 5.41) is 10.7. The van der Waals surface area contributed by atoms with Crippen LogP contribution in [0.4, 0.5) is 4.39 Å². The van der Waals surface area contributed by atoms with Crippen LogP contribution in [0.3, 0.4) is 0 Å². The molecule has 0 spiro atoms. The molecule has 0 bridgehead atoms. The highest BCUT2D eigenvalue weighted by Gasteiger charge is 2.20. The van der Waals surface area contributed by atoms with E-state index >= 15 is 0 Å². The highest BCUT2D eigenvalue weighted by atomic mass is 32.2. The first-order chi connectivity index (χ1) is 12.5. The minimum Gasteiger partial charge on any atom is -0.411 e. The van der Waals surface area contributed by atoms with Gasteiger partial charge < -0.3 is 9.73 Å². The van der Waals surface area contributed by atoms with Gasteiger partial charge in [0.1, 0.15) is 5.82 Å². The van der Waals surface area contributed by atoms with Crippen LogP contribution in [0.2, 0.25) is 0 Å². The number of halogens is 1. The second-order valence-corrected chi connectivity index (χ2v) is 6.94. The molecule has 0 fully saturated rings. The zero-order chi connectivity index (χ0) is 18.5. The van der Waals surface area contributed by atoms with Gasteiger partial charge in [-0.1, -0.05) is 23.9 Å². The molecular weight excluding hydrogens is 355 g/mol. The molecule has 134 valence electrons. The maximum atomic E-state index is 13.0. The molecule has 2 atom stereocenters. The third-order valence-corrected chi connectivity index (χ3v) is 4.64. The third kappa shape index (κ3) is 4.45. The molecule has 3 aromatic rings. The van der Waals surface area contributed by atoms with Gasteiger partial charge in [0.25, 0.3) is 5.22 Å². The summed E-state index contributed by atoms with van der Waals surface area (Å²) in [5.74, 6) is -0.102. The van der Waals surface area contributed by atoms with E-state index in [4.69, 9.17) is 4.42 Å². The molecule has 0 radical (unpaired) electrons. The topological polar surface area (TPSA) is 80.9 Å². The quantitative estimate of drug-likeness (QED) is 0.666. The van der Waals surface area contributed by atoms with Gasteiger partial charge in [0.05, 0.1) is 11.3 Å². The standard InChI is InChI=1S/C18H17FN4O2S/c1-11(13-3-5-15(19)6-4-13)21-16(24)12(2)26-18-23-22-17(25-18)14-7-9-20-10-8-14/h3-12H,1-2H3,(H,21,24). The molecule has 1 N–H and O–H groups in total. The molecule has 8 heteroatoms. The summed E-state index contributed by atoms with van der Waals surface area (Å²) in [4.78, 5) is 16.3. The van der Waals surface area contributed by atoms with Gasteiger partial charge in [0, 0.05) is 18.0 Å². The van der Waals surface area contributed by atoms with Gasteiger partial charge in [-0.15, -0.1) is 10.2 Å². The summed E-state index contributed by atoms with van der Waals surface area (Å²) in [6.45, 7) is 3.60. The summed E-state index contributed by atoms with van der Waals surface area (Å²) in [6.07, 6.45) is 3.28. The average molecular weight is 372 g/mol. The summed E-state index contributed by atoms with van der Waals surface area (Å²) in [5.41, 5.74) is 1.59. The molecule has 0 saturated carbocycles. The van der Waals surface area contributed by atoms with E-state index < -0.39 is 5.25 Å². The normalized spacial score (nSPS) is 13.2. The molecule has 0 aliphatic heterocycles. The highest BCUT2D eigenvalue weighted by molar-refractivity contribution is 8.00. The summed E-state index contributed by atoms with van der Waals surface area (Å²) >= 11 is 1.18. The first-order valence-corrected chi connectivity index (χ1v) is 8.87. The predicted molar refractivity (Wildman–Crippen MR) is 95.8 cm³/mol. The Morgan fingerprint density at radius 1 is 1.12 bits per heavy atom. The van der Waals surface area contributed by atoms with Crippen molar-refractivity contribution in [3.63, 3.8) is 0 Å². The minimum atomic E-state index is -0.427. The number of carbonyl (C=O) groups excluding carboxylic acids is 1. The number of amides is 1. The predicted octanol–water partition coefficient (Wildman–Crippen LogP) is 3.63. The van der Waals surface area contributed by atoms with Crippen molar-refractivity contribution in [3.8, 4) is 11.5 Å². The SMILES string of the molecule is CC(Sc1nnc(-c2ccncc2)o1)C(=O)NC(C)c1ccc(F)cc1. The second-order valence-electron chi connectivity index (χ2n) is 5.65. The molecule has 0 saturated heterocycles. The Kier molecular flexibility index (Phi) is 5.62. The number of aromatic nitrogens is 3. The van der Waals surface area contributed by atoms with Crippen molar-refractivity contribution in [3.05, 3.63) is 60.2 Å². The van der Waals surface area contributed by atoms with Crippen molar-refractivity contribution < 1.29 is 13.6 Å². The Hall–Kier alpha value is -2.74. The van der Waals surface area contributed by atoms with E-state index in [-0.39, 0.29) is 17.8 Å². The van der Waals surface area contributed by atoms with Crippen LogP contribution in [-0.4, -0.2) is 26.3 Å². The van der Waals surface area contributed by atoms with Gasteiger partial charge >= 0.3 is 0 Å². The number of hydrogen-bond acceptors (Lipinski definition) is 6. The van der Waals surface area contributed by atoms with Crippen LogP contribution in [0.5, 0.6) is 0 Å². The first-order valence-electron chi connectivity index (χ1n) is 7.99. The Balaban J connectivity index is 1.59. The number of nitrogens with one attached hydrogen (secondary N) is 1. The molecule has 6 nitrogen and oxygen atoms in total. The number of rotatable bonds is 6. The Morgan fingerprint density at radius 2 is 1.81 bits per heavy atom. The van der Waals surface area contributed by atoms with Crippen molar-refractivity contribution in [2.45, 2.75) is 30.4 Å². The number of carbonyl (C=O) groups is 1. The smallest absolute Gasteiger partial charge is 0.277 e. The maximum absolute atomic E-state index is 13.0. The lowest BCUT2D eigenvalue weighted by Crippen LogP contribution is -2.33. The van der Waals surface area contributed by atoms with Gasteiger partial charge in [-0.05, 0) is 43.7 Å². The lowest BCUT2D eigenvalue weighted by Gasteiger charge is -2.16. The fourth-order valence-electron chi connectivity index (χ4n) is 2.24. The molecule has 1 amide bonds. The van der Waals surface area contributed by atoms with Gasteiger partial charge in [0.15, 0.2) is 0 Å². The Labute approximate surface area is 154 Å². The number of thioether (sulfide) groups is 1. The van der Waals surface area contributed by atoms with E-state index in [1.807, 2.05) is 6.92 Å². The lowest BCUT2D eigenvalue weighted by atomic mass is 10.1. The van der Waals surface area contributed by atoms with Gasteiger partial charge in [-0.2, -0.15) is 0 Å². The van der Waals surface area contributed by atoms with Crippen LogP contribution in [0, 0.1) is 5.82 Å². The van der Waals surface area contributed by atoms with Crippen molar-refractivity contribution in [2.24, 2.45) is 0 Å². The number of benzene rings is 1. The third-order valence-electron chi connectivity index (χ3n) is 3.71. The van der Waals surface area contributed by atoms with E-state index in [1.54, 1.807) is 43.6 Å². The number of hydrogen-bond donors (Lipinski definition) is 1. The van der Waals surface area contributed by atoms with Gasteiger partial charge in [-0.25, -0.2) is 4.39 Å². The molecule has 2 heterocycles. The van der Waals surface area contributed by atoms with Gasteiger partial charge in [0.2, 0.25) is 11.8 Å². The Bertz CT molecular complexity index is 870. The minimum absolute atomic E-state index is 0.171. The fraction of sp³-hybridized carbons (Fsp3) is 0.222. The maximum Gasteiger partial charge on any atom is 0.277 e. The first kappa shape index (κ1) is 18.1. The monoisotopic (exact) mass is 372 g/mol. The zero-order valence-corrected chi connectivity index (χ0v) is 15.0. The van der Waals surface area contributed by atoms with E-state index in [1.165, 1.54) is 23.9 Å². The summed E-state index contributed by atoms with van der Waals surface area (Å²) in [7, 11) is 0. The molecule has 0 aliphatic rings. The summed E-state index contributed by atoms with van der Waals surface area (Å²) in [6, 6.07) is 9.34. The number of pyridine rings is 1. The van der Waals surface area contributed by atoms with E-state index in [2.05, 4.69) is 20.5 Å². The van der Waals surface area contributed by atoms with Crippen molar-refractivity contribution in [1.82, 2.24) is 20.5 Å². The second kappa shape index (κ2) is 8.09. The molecule has 1 aromatic carbocycles. The Morgan fingerprint density at radius 3 is 2.50 bits per heavy atom. The molecule has 0 aliphatic carbocycles. The largest absolute Gasteiger partial charge is 0.411 e. The molecule has 3 rings (SSSR count). The van der Waals surface area contributed by atoms with Crippen LogP contribution in [0.25, 0.3) is 11.5 Å². The van der Waals surface area contributed by atoms with Crippen LogP contribution >= 0.6 is 11.8 Å². The fourth-order valence-corrected chi connectivity index (χ4v) is 2.93. The van der Waals surface area contributed by atoms with Crippen LogP contribution in [0.1, 0.15) is 25.5 Å². The van der Waals surface area contributed by atoms with Crippen molar-refractivity contribution >= 4 is 17.7 Å². The highest BCUT2D eigenvalue weighted by Crippen LogP contribution is 2.26. The van der Waals surface area contributed by atoms with E-state index in [0.29, 0.717) is 11.1 Å². The van der Waals surface area contributed by atoms with E-state index in [9.17, 15) is 9.18 Å². The van der Waals surface area contributed by atoms with Crippen LogP contribution in [0.15, 0.2) is 58.4 Å². The summed E-state index contributed by atoms with van der Waals surface area (Å²) < 4.78 is 18.6. The number of nitrogens with zero attached hydrogens (tertiary/aromatic N) is 3. The molecule has 26 heavy (non-hydrogen) atoms. The van der Waals surface area contributed by atoms with Crippen LogP contribution in [-0.2, 0) is 4.79 Å². The van der Waals surface area contributed by atoms with Gasteiger partial charge in [-0.3, -0.25) is 9.78 Å². The average Bonchev–Trinajstić information content (AvgIpc) is 3.11. The molecule has 2 aromatic heterocycles.